The van der Waals surface area contributed by atoms with E-state index in [4.69, 9.17) is 18.9 Å². The van der Waals surface area contributed by atoms with Crippen LogP contribution in [0, 0.1) is 0 Å². The molecular formula is C11H20O6. The van der Waals surface area contributed by atoms with Crippen LogP contribution in [-0.2, 0) is 18.9 Å². The van der Waals surface area contributed by atoms with Crippen molar-refractivity contribution < 1.29 is 29.2 Å². The third-order valence-electron chi connectivity index (χ3n) is 3.27. The molecule has 0 aromatic rings. The lowest BCUT2D eigenvalue weighted by Gasteiger charge is -2.44. The van der Waals surface area contributed by atoms with Crippen LogP contribution in [0.5, 0.6) is 0 Å². The van der Waals surface area contributed by atoms with Crippen molar-refractivity contribution in [1.82, 2.24) is 0 Å². The Bertz CT molecular complexity index is 294. The van der Waals surface area contributed by atoms with Crippen molar-refractivity contribution >= 4 is 0 Å². The highest BCUT2D eigenvalue weighted by molar-refractivity contribution is 4.99. The molecule has 0 amide bonds. The quantitative estimate of drug-likeness (QED) is 0.714. The lowest BCUT2D eigenvalue weighted by molar-refractivity contribution is -0.372. The summed E-state index contributed by atoms with van der Waals surface area (Å²) in [5, 5.41) is 20.1. The molecule has 2 aliphatic heterocycles. The number of hydrogen-bond donors (Lipinski definition) is 2. The second kappa shape index (κ2) is 4.15. The first kappa shape index (κ1) is 13.2. The van der Waals surface area contributed by atoms with E-state index in [1.165, 1.54) is 7.11 Å². The van der Waals surface area contributed by atoms with Crippen molar-refractivity contribution in [2.24, 2.45) is 0 Å². The average molecular weight is 248 g/mol. The third kappa shape index (κ3) is 2.09. The highest BCUT2D eigenvalue weighted by Gasteiger charge is 2.60. The van der Waals surface area contributed by atoms with Crippen LogP contribution in [0.1, 0.15) is 27.2 Å². The standard InChI is InChI=1S/C11H20O6/c1-5-11(13)8(14-4)6-7(9(12)17-11)16-10(2,3)15-6/h6-9,12-13H,5H2,1-4H3. The van der Waals surface area contributed by atoms with Crippen LogP contribution < -0.4 is 0 Å². The molecule has 0 bridgehead atoms. The van der Waals surface area contributed by atoms with Gasteiger partial charge in [0, 0.05) is 13.5 Å². The molecule has 0 radical (unpaired) electrons. The van der Waals surface area contributed by atoms with Gasteiger partial charge < -0.3 is 29.2 Å². The van der Waals surface area contributed by atoms with Crippen LogP contribution in [0.15, 0.2) is 0 Å². The Morgan fingerprint density at radius 3 is 2.29 bits per heavy atom. The van der Waals surface area contributed by atoms with Crippen LogP contribution in [0.4, 0.5) is 0 Å². The fourth-order valence-electron chi connectivity index (χ4n) is 2.47. The van der Waals surface area contributed by atoms with E-state index in [-0.39, 0.29) is 6.42 Å². The minimum Gasteiger partial charge on any atom is -0.373 e. The van der Waals surface area contributed by atoms with Crippen molar-refractivity contribution in [2.45, 2.75) is 63.4 Å². The molecule has 100 valence electrons. The molecule has 2 N–H and O–H groups in total. The van der Waals surface area contributed by atoms with Crippen molar-refractivity contribution in [3.05, 3.63) is 0 Å². The van der Waals surface area contributed by atoms with Crippen molar-refractivity contribution in [3.63, 3.8) is 0 Å². The van der Waals surface area contributed by atoms with Crippen molar-refractivity contribution in [3.8, 4) is 0 Å². The minimum absolute atomic E-state index is 0.287. The van der Waals surface area contributed by atoms with Gasteiger partial charge in [0.25, 0.3) is 0 Å². The molecule has 2 rings (SSSR count). The van der Waals surface area contributed by atoms with E-state index in [0.717, 1.165) is 0 Å². The summed E-state index contributed by atoms with van der Waals surface area (Å²) in [6.07, 6.45) is -2.83. The first-order valence-corrected chi connectivity index (χ1v) is 5.79. The molecule has 6 heteroatoms. The molecule has 2 aliphatic rings. The lowest BCUT2D eigenvalue weighted by Crippen LogP contribution is -2.63. The fraction of sp³-hybridized carbons (Fsp3) is 1.00. The molecule has 17 heavy (non-hydrogen) atoms. The molecule has 2 heterocycles. The van der Waals surface area contributed by atoms with E-state index >= 15 is 0 Å². The zero-order chi connectivity index (χ0) is 12.8. The highest BCUT2D eigenvalue weighted by atomic mass is 16.8. The summed E-state index contributed by atoms with van der Waals surface area (Å²) in [6.45, 7) is 5.24. The molecule has 0 saturated carbocycles. The van der Waals surface area contributed by atoms with Gasteiger partial charge in [-0.25, -0.2) is 0 Å². The van der Waals surface area contributed by atoms with Gasteiger partial charge in [0.1, 0.15) is 18.3 Å². The summed E-state index contributed by atoms with van der Waals surface area (Å²) in [7, 11) is 1.47. The lowest BCUT2D eigenvalue weighted by atomic mass is 9.94. The van der Waals surface area contributed by atoms with Gasteiger partial charge in [0.05, 0.1) is 0 Å². The van der Waals surface area contributed by atoms with Crippen LogP contribution in [-0.4, -0.2) is 53.5 Å². The number of ether oxygens (including phenoxy) is 4. The van der Waals surface area contributed by atoms with E-state index in [2.05, 4.69) is 0 Å². The van der Waals surface area contributed by atoms with Crippen molar-refractivity contribution in [2.75, 3.05) is 7.11 Å². The molecule has 2 fully saturated rings. The molecule has 0 aromatic carbocycles. The summed E-state index contributed by atoms with van der Waals surface area (Å²) in [5.41, 5.74) is 0. The molecule has 5 unspecified atom stereocenters. The monoisotopic (exact) mass is 248 g/mol. The summed E-state index contributed by atoms with van der Waals surface area (Å²) in [4.78, 5) is 0. The molecule has 5 atom stereocenters. The van der Waals surface area contributed by atoms with Gasteiger partial charge >= 0.3 is 0 Å². The number of rotatable bonds is 2. The number of aliphatic hydroxyl groups is 2. The Labute approximate surface area is 100 Å². The summed E-state index contributed by atoms with van der Waals surface area (Å²) >= 11 is 0. The topological polar surface area (TPSA) is 77.4 Å². The number of aliphatic hydroxyl groups excluding tert-OH is 1. The normalized spacial score (nSPS) is 49.1. The van der Waals surface area contributed by atoms with E-state index in [0.29, 0.717) is 0 Å². The largest absolute Gasteiger partial charge is 0.373 e. The van der Waals surface area contributed by atoms with Gasteiger partial charge in [-0.05, 0) is 13.8 Å². The number of hydrogen-bond acceptors (Lipinski definition) is 6. The molecule has 0 spiro atoms. The predicted octanol–water partition coefficient (Wildman–Crippen LogP) is -0.0313. The molecule has 0 aromatic heterocycles. The zero-order valence-corrected chi connectivity index (χ0v) is 10.5. The Morgan fingerprint density at radius 2 is 1.76 bits per heavy atom. The maximum absolute atomic E-state index is 10.3. The van der Waals surface area contributed by atoms with Gasteiger partial charge in [-0.2, -0.15) is 0 Å². The minimum atomic E-state index is -1.56. The molecule has 0 aliphatic carbocycles. The van der Waals surface area contributed by atoms with Gasteiger partial charge in [-0.1, -0.05) is 6.92 Å². The van der Waals surface area contributed by atoms with Gasteiger partial charge in [0.15, 0.2) is 17.9 Å². The second-order valence-corrected chi connectivity index (χ2v) is 4.93. The smallest absolute Gasteiger partial charge is 0.197 e. The number of methoxy groups -OCH3 is 1. The van der Waals surface area contributed by atoms with Crippen LogP contribution >= 0.6 is 0 Å². The first-order chi connectivity index (χ1) is 7.83. The first-order valence-electron chi connectivity index (χ1n) is 5.79. The maximum Gasteiger partial charge on any atom is 0.197 e. The summed E-state index contributed by atoms with van der Waals surface area (Å²) in [6, 6.07) is 0. The Morgan fingerprint density at radius 1 is 1.18 bits per heavy atom. The fourth-order valence-corrected chi connectivity index (χ4v) is 2.47. The van der Waals surface area contributed by atoms with E-state index < -0.39 is 36.2 Å². The maximum atomic E-state index is 10.3. The Hall–Kier alpha value is -0.240. The Kier molecular flexibility index (Phi) is 3.22. The highest BCUT2D eigenvalue weighted by Crippen LogP contribution is 2.41. The van der Waals surface area contributed by atoms with Crippen LogP contribution in [0.25, 0.3) is 0 Å². The number of fused-ring (bicyclic) bond motifs is 1. The third-order valence-corrected chi connectivity index (χ3v) is 3.27. The van der Waals surface area contributed by atoms with Crippen LogP contribution in [0.2, 0.25) is 0 Å². The van der Waals surface area contributed by atoms with Gasteiger partial charge in [-0.3, -0.25) is 0 Å². The zero-order valence-electron chi connectivity index (χ0n) is 10.5. The van der Waals surface area contributed by atoms with Crippen molar-refractivity contribution in [1.29, 1.82) is 0 Å². The average Bonchev–Trinajstić information content (AvgIpc) is 2.55. The van der Waals surface area contributed by atoms with E-state index in [1.54, 1.807) is 20.8 Å². The summed E-state index contributed by atoms with van der Waals surface area (Å²) in [5.74, 6) is -2.38. The Balaban J connectivity index is 2.28. The second-order valence-electron chi connectivity index (χ2n) is 4.93. The SMILES string of the molecule is CCC1(O)OC(O)C2OC(C)(C)OC2C1OC. The van der Waals surface area contributed by atoms with Gasteiger partial charge in [0.2, 0.25) is 0 Å². The van der Waals surface area contributed by atoms with E-state index in [1.807, 2.05) is 0 Å². The van der Waals surface area contributed by atoms with Crippen LogP contribution in [0.3, 0.4) is 0 Å². The molecule has 6 nitrogen and oxygen atoms in total. The van der Waals surface area contributed by atoms with E-state index in [9.17, 15) is 10.2 Å². The molecular weight excluding hydrogens is 228 g/mol. The summed E-state index contributed by atoms with van der Waals surface area (Å²) < 4.78 is 21.7. The van der Waals surface area contributed by atoms with Gasteiger partial charge in [-0.15, -0.1) is 0 Å². The molecule has 2 saturated heterocycles. The predicted molar refractivity (Wildman–Crippen MR) is 57.0 cm³/mol.